The van der Waals surface area contributed by atoms with E-state index in [2.05, 4.69) is 71.0 Å². The Morgan fingerprint density at radius 2 is 1.45 bits per heavy atom. The van der Waals surface area contributed by atoms with Gasteiger partial charge in [-0.2, -0.15) is 0 Å². The first kappa shape index (κ1) is 41.3. The van der Waals surface area contributed by atoms with Crippen molar-refractivity contribution in [1.29, 1.82) is 0 Å². The van der Waals surface area contributed by atoms with Crippen molar-refractivity contribution in [1.82, 2.24) is 10.2 Å². The van der Waals surface area contributed by atoms with Gasteiger partial charge in [0.2, 0.25) is 0 Å². The minimum Gasteiger partial charge on any atom is -0.494 e. The zero-order valence-electron chi connectivity index (χ0n) is 39.9. The monoisotopic (exact) mass is 875 g/mol. The number of hydrogen-bond donors (Lipinski definition) is 1. The average Bonchev–Trinajstić information content (AvgIpc) is 4.10. The van der Waals surface area contributed by atoms with E-state index in [1.165, 1.54) is 178 Å². The summed E-state index contributed by atoms with van der Waals surface area (Å²) in [4.78, 5) is 3.21. The molecule has 6 fully saturated rings. The summed E-state index contributed by atoms with van der Waals surface area (Å²) in [5.74, 6) is 11.4. The Kier molecular flexibility index (Phi) is 10.6. The number of nitrogens with one attached hydrogen (secondary N) is 1. The fourth-order valence-corrected chi connectivity index (χ4v) is 20.3. The van der Waals surface area contributed by atoms with Crippen molar-refractivity contribution in [2.24, 2.45) is 70.5 Å². The van der Waals surface area contributed by atoms with E-state index in [1.807, 2.05) is 11.1 Å². The highest BCUT2D eigenvalue weighted by molar-refractivity contribution is 5.43. The quantitative estimate of drug-likeness (QED) is 0.270. The molecule has 5 saturated carbocycles. The van der Waals surface area contributed by atoms with Gasteiger partial charge in [0.05, 0.1) is 5.76 Å². The van der Waals surface area contributed by atoms with Crippen LogP contribution >= 0.6 is 0 Å². The van der Waals surface area contributed by atoms with Gasteiger partial charge in [-0.15, -0.1) is 0 Å². The molecule has 14 aliphatic rings. The van der Waals surface area contributed by atoms with Gasteiger partial charge in [-0.05, 0) is 229 Å². The summed E-state index contributed by atoms with van der Waals surface area (Å²) in [5.41, 5.74) is 7.60. The van der Waals surface area contributed by atoms with Crippen LogP contribution in [0.25, 0.3) is 0 Å². The molecule has 14 rings (SSSR count). The smallest absolute Gasteiger partial charge is 0.119 e. The highest BCUT2D eigenvalue weighted by Gasteiger charge is 2.72. The maximum Gasteiger partial charge on any atom is 0.119 e. The molecule has 1 saturated heterocycles. The molecule has 1 N–H and O–H groups in total. The number of ether oxygens (including phenoxy) is 2. The molecule has 0 aromatic rings. The molecule has 348 valence electrons. The topological polar surface area (TPSA) is 33.7 Å². The molecule has 4 heteroatoms. The zero-order chi connectivity index (χ0) is 42.6. The van der Waals surface area contributed by atoms with E-state index in [0.717, 1.165) is 53.8 Å². The van der Waals surface area contributed by atoms with Crippen molar-refractivity contribution in [2.45, 2.75) is 210 Å². The van der Waals surface area contributed by atoms with Crippen molar-refractivity contribution >= 4 is 0 Å². The van der Waals surface area contributed by atoms with Gasteiger partial charge in [-0.3, -0.25) is 4.90 Å². The second-order valence-corrected chi connectivity index (χ2v) is 24.7. The number of hydrogen-bond acceptors (Lipinski definition) is 4. The maximum atomic E-state index is 6.72. The third-order valence-electron chi connectivity index (χ3n) is 22.2. The summed E-state index contributed by atoms with van der Waals surface area (Å²) < 4.78 is 13.3. The van der Waals surface area contributed by atoms with Gasteiger partial charge in [0.15, 0.2) is 0 Å². The third kappa shape index (κ3) is 6.55. The molecule has 18 atom stereocenters. The van der Waals surface area contributed by atoms with Crippen LogP contribution in [0.5, 0.6) is 0 Å². The first-order valence-electron chi connectivity index (χ1n) is 28.6. The summed E-state index contributed by atoms with van der Waals surface area (Å²) in [5, 5.41) is 4.41. The summed E-state index contributed by atoms with van der Waals surface area (Å²) in [6.45, 7) is 0. The molecule has 0 bridgehead atoms. The predicted molar refractivity (Wildman–Crippen MR) is 262 cm³/mol. The van der Waals surface area contributed by atoms with Gasteiger partial charge >= 0.3 is 0 Å². The molecular formula is C61H82N2O2. The van der Waals surface area contributed by atoms with Crippen LogP contribution in [0.4, 0.5) is 0 Å². The van der Waals surface area contributed by atoms with Crippen LogP contribution in [0, 0.1) is 70.5 Å². The normalized spacial score (nSPS) is 48.0. The van der Waals surface area contributed by atoms with Crippen molar-refractivity contribution in [3.63, 3.8) is 0 Å². The molecule has 65 heavy (non-hydrogen) atoms. The first-order chi connectivity index (χ1) is 32.2. The van der Waals surface area contributed by atoms with Crippen LogP contribution in [0.1, 0.15) is 173 Å². The van der Waals surface area contributed by atoms with E-state index in [9.17, 15) is 0 Å². The molecular weight excluding hydrogens is 793 g/mol. The van der Waals surface area contributed by atoms with Crippen LogP contribution in [-0.2, 0) is 9.47 Å². The lowest BCUT2D eigenvalue weighted by Crippen LogP contribution is -2.54. The van der Waals surface area contributed by atoms with Crippen molar-refractivity contribution in [3.8, 4) is 0 Å². The Labute approximate surface area is 393 Å². The largest absolute Gasteiger partial charge is 0.494 e. The Balaban J connectivity index is 0.804. The van der Waals surface area contributed by atoms with Crippen LogP contribution in [0.3, 0.4) is 0 Å². The number of nitrogens with zero attached hydrogens (tertiary/aromatic N) is 1. The van der Waals surface area contributed by atoms with Crippen LogP contribution in [0.2, 0.25) is 0 Å². The Morgan fingerprint density at radius 1 is 0.569 bits per heavy atom. The Bertz CT molecular complexity index is 2120. The van der Waals surface area contributed by atoms with Crippen LogP contribution < -0.4 is 5.32 Å². The van der Waals surface area contributed by atoms with E-state index in [1.54, 1.807) is 11.3 Å². The lowest BCUT2D eigenvalue weighted by atomic mass is 9.53. The Morgan fingerprint density at radius 3 is 2.37 bits per heavy atom. The SMILES string of the molecule is C1=CC(N(C2C=CC3C4CCCCC4C4(C3C2)C2CCCCC2C2C(C3=C(NC5CC=C6OC7CCC=CC7C6C5)CCCC3)=CCCC24)C2CCC3OC4=C(CCC=C4)C3C2)CCC1. The fourth-order valence-electron chi connectivity index (χ4n) is 20.3. The first-order valence-corrected chi connectivity index (χ1v) is 28.6. The molecule has 0 radical (unpaired) electrons. The minimum atomic E-state index is 0.422. The van der Waals surface area contributed by atoms with E-state index in [0.29, 0.717) is 59.5 Å². The van der Waals surface area contributed by atoms with Crippen molar-refractivity contribution in [2.75, 3.05) is 0 Å². The van der Waals surface area contributed by atoms with Gasteiger partial charge in [-0.1, -0.05) is 74.3 Å². The summed E-state index contributed by atoms with van der Waals surface area (Å²) in [6.07, 6.45) is 63.6. The van der Waals surface area contributed by atoms with E-state index in [-0.39, 0.29) is 0 Å². The third-order valence-corrected chi connectivity index (χ3v) is 22.2. The van der Waals surface area contributed by atoms with Crippen LogP contribution in [-0.4, -0.2) is 41.3 Å². The fraction of sp³-hybridized carbons (Fsp3) is 0.738. The van der Waals surface area contributed by atoms with Crippen molar-refractivity contribution in [3.05, 3.63) is 94.7 Å². The molecule has 0 aromatic carbocycles. The van der Waals surface area contributed by atoms with Gasteiger partial charge in [0.25, 0.3) is 0 Å². The second kappa shape index (κ2) is 16.8. The molecule has 4 nitrogen and oxygen atoms in total. The highest BCUT2D eigenvalue weighted by atomic mass is 16.5. The molecule has 2 aliphatic heterocycles. The second-order valence-electron chi connectivity index (χ2n) is 24.7. The molecule has 0 aromatic heterocycles. The number of allylic oxidation sites excluding steroid dienone is 10. The standard InChI is InChI=1S/C61H82N2O2/c1-2-15-39(16-3-1)63(40-31-34-59-50(36-40)46-20-8-13-28-57(46)65-59)41-30-32-43-42-17-4-9-23-51(42)61(54(43)37-41)52-24-10-5-21-48(52)60-47(22-14-25-53(60)61)44-18-6-11-26-55(44)62-38-29-33-58-49(35-38)45-19-7-12-27-56(45)64-58/h2,7,13,15,19,22,28,30,32-33,38-43,45,48-54,56,59-60,62H,1,3-6,8-12,14,16-18,20-21,23-27,29,31,34-37H2. The average molecular weight is 875 g/mol. The van der Waals surface area contributed by atoms with Crippen LogP contribution in [0.15, 0.2) is 94.7 Å². The molecule has 0 amide bonds. The molecule has 12 aliphatic carbocycles. The minimum absolute atomic E-state index is 0.422. The number of rotatable bonds is 6. The lowest BCUT2D eigenvalue weighted by Gasteiger charge is -2.53. The highest BCUT2D eigenvalue weighted by Crippen LogP contribution is 2.78. The zero-order valence-corrected chi connectivity index (χ0v) is 39.9. The molecule has 1 spiro atoms. The van der Waals surface area contributed by atoms with E-state index in [4.69, 9.17) is 9.47 Å². The summed E-state index contributed by atoms with van der Waals surface area (Å²) in [7, 11) is 0. The van der Waals surface area contributed by atoms with Crippen molar-refractivity contribution < 1.29 is 9.47 Å². The maximum absolute atomic E-state index is 6.72. The molecule has 18 unspecified atom stereocenters. The number of fused-ring (bicyclic) bond motifs is 15. The van der Waals surface area contributed by atoms with E-state index < -0.39 is 0 Å². The van der Waals surface area contributed by atoms with E-state index >= 15 is 0 Å². The lowest BCUT2D eigenvalue weighted by molar-refractivity contribution is -0.0417. The van der Waals surface area contributed by atoms with Gasteiger partial charge in [0.1, 0.15) is 18.0 Å². The predicted octanol–water partition coefficient (Wildman–Crippen LogP) is 14.2. The van der Waals surface area contributed by atoms with Gasteiger partial charge in [0, 0.05) is 47.6 Å². The Hall–Kier alpha value is -2.72. The van der Waals surface area contributed by atoms with Gasteiger partial charge in [-0.25, -0.2) is 0 Å². The van der Waals surface area contributed by atoms with Gasteiger partial charge < -0.3 is 14.8 Å². The summed E-state index contributed by atoms with van der Waals surface area (Å²) in [6, 6.07) is 2.38. The molecule has 2 heterocycles. The summed E-state index contributed by atoms with van der Waals surface area (Å²) >= 11 is 0.